The molecule has 1 aliphatic heterocycles. The SMILES string of the molecule is NC1CC2CN(Cc3ccccc3Cl)CC2C1. The molecule has 1 saturated heterocycles. The number of fused-ring (bicyclic) bond motifs is 1. The molecule has 2 aliphatic rings. The van der Waals surface area contributed by atoms with Gasteiger partial charge in [-0.15, -0.1) is 0 Å². The summed E-state index contributed by atoms with van der Waals surface area (Å²) in [5.41, 5.74) is 7.26. The van der Waals surface area contributed by atoms with Crippen LogP contribution < -0.4 is 5.73 Å². The average Bonchev–Trinajstić information content (AvgIpc) is 2.78. The second-order valence-electron chi connectivity index (χ2n) is 5.54. The van der Waals surface area contributed by atoms with Crippen molar-refractivity contribution in [2.45, 2.75) is 25.4 Å². The molecule has 0 radical (unpaired) electrons. The van der Waals surface area contributed by atoms with Crippen molar-refractivity contribution in [3.8, 4) is 0 Å². The van der Waals surface area contributed by atoms with E-state index in [9.17, 15) is 0 Å². The highest BCUT2D eigenvalue weighted by atomic mass is 35.5. The van der Waals surface area contributed by atoms with E-state index in [0.29, 0.717) is 6.04 Å². The predicted molar refractivity (Wildman–Crippen MR) is 70.9 cm³/mol. The molecule has 2 nitrogen and oxygen atoms in total. The van der Waals surface area contributed by atoms with Gasteiger partial charge in [0.05, 0.1) is 0 Å². The molecule has 1 aromatic rings. The van der Waals surface area contributed by atoms with Crippen molar-refractivity contribution in [3.05, 3.63) is 34.9 Å². The zero-order valence-electron chi connectivity index (χ0n) is 9.98. The summed E-state index contributed by atoms with van der Waals surface area (Å²) in [5, 5.41) is 0.890. The topological polar surface area (TPSA) is 29.3 Å². The molecule has 17 heavy (non-hydrogen) atoms. The summed E-state index contributed by atoms with van der Waals surface area (Å²) in [6, 6.07) is 8.61. The number of benzene rings is 1. The van der Waals surface area contributed by atoms with Crippen molar-refractivity contribution in [1.29, 1.82) is 0 Å². The van der Waals surface area contributed by atoms with Crippen molar-refractivity contribution in [2.24, 2.45) is 17.6 Å². The molecular formula is C14H19ClN2. The van der Waals surface area contributed by atoms with Gasteiger partial charge in [-0.2, -0.15) is 0 Å². The average molecular weight is 251 g/mol. The van der Waals surface area contributed by atoms with Gasteiger partial charge in [-0.25, -0.2) is 0 Å². The number of rotatable bonds is 2. The second kappa shape index (κ2) is 4.60. The number of hydrogen-bond donors (Lipinski definition) is 1. The Kier molecular flexibility index (Phi) is 3.12. The fraction of sp³-hybridized carbons (Fsp3) is 0.571. The van der Waals surface area contributed by atoms with Gasteiger partial charge in [0, 0.05) is 30.7 Å². The Labute approximate surface area is 108 Å². The molecule has 1 heterocycles. The van der Waals surface area contributed by atoms with Crippen LogP contribution in [0.2, 0.25) is 5.02 Å². The molecule has 0 bridgehead atoms. The Morgan fingerprint density at radius 3 is 2.47 bits per heavy atom. The van der Waals surface area contributed by atoms with Crippen LogP contribution in [-0.4, -0.2) is 24.0 Å². The first-order valence-electron chi connectivity index (χ1n) is 6.43. The Hall–Kier alpha value is -0.570. The van der Waals surface area contributed by atoms with Crippen molar-refractivity contribution in [1.82, 2.24) is 4.90 Å². The van der Waals surface area contributed by atoms with Gasteiger partial charge in [-0.1, -0.05) is 29.8 Å². The van der Waals surface area contributed by atoms with Crippen LogP contribution in [0.1, 0.15) is 18.4 Å². The number of likely N-dealkylation sites (tertiary alicyclic amines) is 1. The van der Waals surface area contributed by atoms with Crippen molar-refractivity contribution in [3.63, 3.8) is 0 Å². The van der Waals surface area contributed by atoms with Crippen LogP contribution in [0.3, 0.4) is 0 Å². The minimum atomic E-state index is 0.451. The first-order chi connectivity index (χ1) is 8.22. The minimum Gasteiger partial charge on any atom is -0.328 e. The standard InChI is InChI=1S/C14H19ClN2/c15-14-4-2-1-3-10(14)7-17-8-11-5-13(16)6-12(11)9-17/h1-4,11-13H,5-9,16H2. The normalized spacial score (nSPS) is 32.9. The number of nitrogens with two attached hydrogens (primary N) is 1. The van der Waals surface area contributed by atoms with E-state index in [0.717, 1.165) is 23.4 Å². The lowest BCUT2D eigenvalue weighted by Crippen LogP contribution is -2.25. The van der Waals surface area contributed by atoms with E-state index < -0.39 is 0 Å². The van der Waals surface area contributed by atoms with Crippen LogP contribution in [0.25, 0.3) is 0 Å². The van der Waals surface area contributed by atoms with Crippen LogP contribution in [0, 0.1) is 11.8 Å². The maximum Gasteiger partial charge on any atom is 0.0451 e. The summed E-state index contributed by atoms with van der Waals surface area (Å²) >= 11 is 6.20. The summed E-state index contributed by atoms with van der Waals surface area (Å²) in [4.78, 5) is 2.53. The van der Waals surface area contributed by atoms with Crippen LogP contribution in [0.4, 0.5) is 0 Å². The lowest BCUT2D eigenvalue weighted by atomic mass is 10.0. The van der Waals surface area contributed by atoms with Gasteiger partial charge >= 0.3 is 0 Å². The lowest BCUT2D eigenvalue weighted by Gasteiger charge is -2.18. The zero-order chi connectivity index (χ0) is 11.8. The Morgan fingerprint density at radius 1 is 1.18 bits per heavy atom. The van der Waals surface area contributed by atoms with Gasteiger partial charge in [-0.05, 0) is 36.3 Å². The molecule has 3 rings (SSSR count). The maximum absolute atomic E-state index is 6.20. The van der Waals surface area contributed by atoms with Gasteiger partial charge in [0.25, 0.3) is 0 Å². The second-order valence-corrected chi connectivity index (χ2v) is 5.94. The number of nitrogens with zero attached hydrogens (tertiary/aromatic N) is 1. The van der Waals surface area contributed by atoms with E-state index in [1.54, 1.807) is 0 Å². The van der Waals surface area contributed by atoms with E-state index in [-0.39, 0.29) is 0 Å². The van der Waals surface area contributed by atoms with Gasteiger partial charge in [0.2, 0.25) is 0 Å². The van der Waals surface area contributed by atoms with Crippen molar-refractivity contribution < 1.29 is 0 Å². The number of halogens is 1. The summed E-state index contributed by atoms with van der Waals surface area (Å²) in [6.45, 7) is 3.38. The van der Waals surface area contributed by atoms with E-state index in [4.69, 9.17) is 17.3 Å². The fourth-order valence-corrected chi connectivity index (χ4v) is 3.64. The molecule has 1 aromatic carbocycles. The molecule has 2 N–H and O–H groups in total. The molecule has 3 heteroatoms. The van der Waals surface area contributed by atoms with Crippen molar-refractivity contribution in [2.75, 3.05) is 13.1 Å². The molecule has 0 aromatic heterocycles. The zero-order valence-corrected chi connectivity index (χ0v) is 10.7. The summed E-state index contributed by atoms with van der Waals surface area (Å²) in [6.07, 6.45) is 2.42. The predicted octanol–water partition coefficient (Wildman–Crippen LogP) is 2.51. The van der Waals surface area contributed by atoms with E-state index >= 15 is 0 Å². The Balaban J connectivity index is 1.64. The van der Waals surface area contributed by atoms with Gasteiger partial charge in [-0.3, -0.25) is 4.90 Å². The largest absolute Gasteiger partial charge is 0.328 e. The summed E-state index contributed by atoms with van der Waals surface area (Å²) in [7, 11) is 0. The quantitative estimate of drug-likeness (QED) is 0.874. The molecule has 0 spiro atoms. The van der Waals surface area contributed by atoms with E-state index in [1.165, 1.54) is 31.5 Å². The molecule has 1 aliphatic carbocycles. The van der Waals surface area contributed by atoms with Crippen LogP contribution in [-0.2, 0) is 6.54 Å². The van der Waals surface area contributed by atoms with Gasteiger partial charge < -0.3 is 5.73 Å². The maximum atomic E-state index is 6.20. The molecule has 1 saturated carbocycles. The van der Waals surface area contributed by atoms with E-state index in [1.807, 2.05) is 12.1 Å². The monoisotopic (exact) mass is 250 g/mol. The molecule has 0 amide bonds. The molecule has 2 unspecified atom stereocenters. The Bertz CT molecular complexity index is 393. The highest BCUT2D eigenvalue weighted by molar-refractivity contribution is 6.31. The fourth-order valence-electron chi connectivity index (χ4n) is 3.44. The molecule has 2 fully saturated rings. The van der Waals surface area contributed by atoms with Gasteiger partial charge in [0.1, 0.15) is 0 Å². The highest BCUT2D eigenvalue weighted by Gasteiger charge is 2.39. The smallest absolute Gasteiger partial charge is 0.0451 e. The van der Waals surface area contributed by atoms with Crippen LogP contribution >= 0.6 is 11.6 Å². The summed E-state index contributed by atoms with van der Waals surface area (Å²) in [5.74, 6) is 1.65. The molecular weight excluding hydrogens is 232 g/mol. The molecule has 92 valence electrons. The highest BCUT2D eigenvalue weighted by Crippen LogP contribution is 2.38. The summed E-state index contributed by atoms with van der Waals surface area (Å²) < 4.78 is 0. The first kappa shape index (κ1) is 11.5. The Morgan fingerprint density at radius 2 is 1.82 bits per heavy atom. The van der Waals surface area contributed by atoms with Crippen molar-refractivity contribution >= 4 is 11.6 Å². The van der Waals surface area contributed by atoms with E-state index in [2.05, 4.69) is 17.0 Å². The number of hydrogen-bond acceptors (Lipinski definition) is 2. The third-order valence-electron chi connectivity index (χ3n) is 4.21. The van der Waals surface area contributed by atoms with Crippen LogP contribution in [0.15, 0.2) is 24.3 Å². The lowest BCUT2D eigenvalue weighted by molar-refractivity contribution is 0.299. The first-order valence-corrected chi connectivity index (χ1v) is 6.81. The van der Waals surface area contributed by atoms with Gasteiger partial charge in [0.15, 0.2) is 0 Å². The minimum absolute atomic E-state index is 0.451. The third kappa shape index (κ3) is 2.35. The third-order valence-corrected chi connectivity index (χ3v) is 4.58. The molecule has 2 atom stereocenters. The van der Waals surface area contributed by atoms with Crippen LogP contribution in [0.5, 0.6) is 0 Å².